The number of ketones is 1. The third-order valence-corrected chi connectivity index (χ3v) is 4.30. The molecule has 0 aliphatic carbocycles. The molecule has 0 aliphatic rings. The number of carbonyl (C=O) groups excluding carboxylic acids is 3. The second kappa shape index (κ2) is 9.88. The molecular formula is C21H27N2O6+. The zero-order chi connectivity index (χ0) is 21.6. The molecule has 1 amide bonds. The van der Waals surface area contributed by atoms with Crippen LogP contribution in [0.2, 0.25) is 0 Å². The molecule has 8 nitrogen and oxygen atoms in total. The van der Waals surface area contributed by atoms with E-state index in [4.69, 9.17) is 13.9 Å². The summed E-state index contributed by atoms with van der Waals surface area (Å²) in [5.74, 6) is -0.417. The van der Waals surface area contributed by atoms with E-state index < -0.39 is 5.97 Å². The molecule has 1 aromatic carbocycles. The van der Waals surface area contributed by atoms with Crippen LogP contribution in [0.4, 0.5) is 5.88 Å². The van der Waals surface area contributed by atoms with Gasteiger partial charge < -0.3 is 18.8 Å². The molecule has 0 spiro atoms. The van der Waals surface area contributed by atoms with Crippen molar-refractivity contribution in [1.82, 2.24) is 0 Å². The van der Waals surface area contributed by atoms with Crippen LogP contribution in [0.1, 0.15) is 45.9 Å². The van der Waals surface area contributed by atoms with Crippen molar-refractivity contribution in [2.24, 2.45) is 0 Å². The van der Waals surface area contributed by atoms with Crippen molar-refractivity contribution in [2.75, 3.05) is 32.6 Å². The van der Waals surface area contributed by atoms with Crippen LogP contribution in [-0.2, 0) is 16.1 Å². The summed E-state index contributed by atoms with van der Waals surface area (Å²) in [6.45, 7) is 5.47. The van der Waals surface area contributed by atoms with E-state index >= 15 is 0 Å². The van der Waals surface area contributed by atoms with Crippen molar-refractivity contribution in [2.45, 2.75) is 27.3 Å². The Labute approximate surface area is 169 Å². The number of rotatable bonds is 9. The first-order valence-electron chi connectivity index (χ1n) is 9.32. The maximum absolute atomic E-state index is 12.5. The van der Waals surface area contributed by atoms with Gasteiger partial charge in [-0.2, -0.15) is 0 Å². The highest BCUT2D eigenvalue weighted by Gasteiger charge is 2.29. The molecule has 0 bridgehead atoms. The molecule has 2 N–H and O–H groups in total. The Hall–Kier alpha value is -3.13. The van der Waals surface area contributed by atoms with Gasteiger partial charge in [0.1, 0.15) is 23.6 Å². The van der Waals surface area contributed by atoms with Gasteiger partial charge in [-0.15, -0.1) is 0 Å². The molecule has 1 atom stereocenters. The number of ether oxygens (including phenoxy) is 2. The van der Waals surface area contributed by atoms with Gasteiger partial charge in [0.15, 0.2) is 12.3 Å². The van der Waals surface area contributed by atoms with Crippen LogP contribution in [-0.4, -0.2) is 45.0 Å². The van der Waals surface area contributed by atoms with E-state index in [-0.39, 0.29) is 47.6 Å². The molecule has 0 radical (unpaired) electrons. The van der Waals surface area contributed by atoms with E-state index in [0.29, 0.717) is 6.54 Å². The van der Waals surface area contributed by atoms with Crippen molar-refractivity contribution >= 4 is 23.5 Å². The maximum Gasteiger partial charge on any atom is 0.344 e. The fourth-order valence-electron chi connectivity index (χ4n) is 3.05. The van der Waals surface area contributed by atoms with Crippen molar-refractivity contribution < 1.29 is 33.2 Å². The summed E-state index contributed by atoms with van der Waals surface area (Å²) in [4.78, 5) is 37.6. The number of methoxy groups -OCH3 is 1. The summed E-state index contributed by atoms with van der Waals surface area (Å²) in [5.41, 5.74) is 1.13. The van der Waals surface area contributed by atoms with Crippen molar-refractivity contribution in [1.29, 1.82) is 0 Å². The molecule has 2 rings (SSSR count). The lowest BCUT2D eigenvalue weighted by Crippen LogP contribution is -3.08. The molecule has 1 unspecified atom stereocenters. The number of carbonyl (C=O) groups is 3. The standard InChI is InChI=1S/C21H26N2O6/c1-6-28-21(26)19-18(13(2)24)14(3)29-20(19)22-17(25)12-23(4)11-15-7-9-16(27-5)10-8-15/h7-10H,6,11-12H2,1-5H3,(H,22,25)/p+1. The van der Waals surface area contributed by atoms with Crippen molar-refractivity contribution in [3.63, 3.8) is 0 Å². The van der Waals surface area contributed by atoms with Gasteiger partial charge in [-0.3, -0.25) is 14.9 Å². The molecule has 2 aromatic rings. The SMILES string of the molecule is CCOC(=O)c1c(NC(=O)C[NH+](C)Cc2ccc(OC)cc2)oc(C)c1C(C)=O. The molecule has 1 aromatic heterocycles. The van der Waals surface area contributed by atoms with E-state index in [2.05, 4.69) is 5.32 Å². The number of quaternary nitrogens is 1. The van der Waals surface area contributed by atoms with E-state index in [1.165, 1.54) is 6.92 Å². The van der Waals surface area contributed by atoms with Crippen molar-refractivity contribution in [3.8, 4) is 5.75 Å². The fourth-order valence-corrected chi connectivity index (χ4v) is 3.05. The summed E-state index contributed by atoms with van der Waals surface area (Å²) in [7, 11) is 3.49. The lowest BCUT2D eigenvalue weighted by atomic mass is 10.1. The van der Waals surface area contributed by atoms with Gasteiger partial charge in [0.2, 0.25) is 5.88 Å². The fraction of sp³-hybridized carbons (Fsp3) is 0.381. The predicted octanol–water partition coefficient (Wildman–Crippen LogP) is 1.63. The van der Waals surface area contributed by atoms with Crippen LogP contribution >= 0.6 is 0 Å². The maximum atomic E-state index is 12.5. The third-order valence-electron chi connectivity index (χ3n) is 4.30. The Bertz CT molecular complexity index is 885. The Morgan fingerprint density at radius 2 is 1.79 bits per heavy atom. The second-order valence-corrected chi connectivity index (χ2v) is 6.72. The number of nitrogens with one attached hydrogen (secondary N) is 2. The second-order valence-electron chi connectivity index (χ2n) is 6.72. The molecular weight excluding hydrogens is 376 g/mol. The summed E-state index contributed by atoms with van der Waals surface area (Å²) in [6.07, 6.45) is 0. The minimum absolute atomic E-state index is 0.0435. The van der Waals surface area contributed by atoms with Crippen LogP contribution in [0.3, 0.4) is 0 Å². The molecule has 1 heterocycles. The zero-order valence-corrected chi connectivity index (χ0v) is 17.4. The molecule has 0 saturated carbocycles. The largest absolute Gasteiger partial charge is 0.497 e. The number of anilines is 1. The minimum atomic E-state index is -0.705. The lowest BCUT2D eigenvalue weighted by molar-refractivity contribution is -0.885. The molecule has 0 saturated heterocycles. The monoisotopic (exact) mass is 403 g/mol. The topological polar surface area (TPSA) is 99.3 Å². The number of hydrogen-bond donors (Lipinski definition) is 2. The number of Topliss-reactive ketones (excluding diaryl/α,β-unsaturated/α-hetero) is 1. The smallest absolute Gasteiger partial charge is 0.344 e. The Morgan fingerprint density at radius 1 is 1.14 bits per heavy atom. The number of amides is 1. The van der Waals surface area contributed by atoms with E-state index in [1.807, 2.05) is 31.3 Å². The third kappa shape index (κ3) is 5.68. The summed E-state index contributed by atoms with van der Waals surface area (Å²) in [6, 6.07) is 7.61. The first-order chi connectivity index (χ1) is 13.8. The van der Waals surface area contributed by atoms with Crippen molar-refractivity contribution in [3.05, 3.63) is 46.7 Å². The average molecular weight is 403 g/mol. The minimum Gasteiger partial charge on any atom is -0.497 e. The van der Waals surface area contributed by atoms with Gasteiger partial charge in [-0.25, -0.2) is 4.79 Å². The highest BCUT2D eigenvalue weighted by Crippen LogP contribution is 2.28. The average Bonchev–Trinajstić information content (AvgIpc) is 2.98. The first kappa shape index (κ1) is 22.2. The summed E-state index contributed by atoms with van der Waals surface area (Å²) < 4.78 is 15.6. The van der Waals surface area contributed by atoms with Crippen LogP contribution in [0.15, 0.2) is 28.7 Å². The molecule has 29 heavy (non-hydrogen) atoms. The number of hydrogen-bond acceptors (Lipinski definition) is 6. The first-order valence-corrected chi connectivity index (χ1v) is 9.32. The van der Waals surface area contributed by atoms with E-state index in [1.54, 1.807) is 21.0 Å². The number of aryl methyl sites for hydroxylation is 1. The number of furan rings is 1. The number of likely N-dealkylation sites (N-methyl/N-ethyl adjacent to an activating group) is 1. The van der Waals surface area contributed by atoms with Crippen LogP contribution in [0.5, 0.6) is 5.75 Å². The molecule has 156 valence electrons. The van der Waals surface area contributed by atoms with Crippen LogP contribution < -0.4 is 15.0 Å². The highest BCUT2D eigenvalue weighted by atomic mass is 16.5. The summed E-state index contributed by atoms with van der Waals surface area (Å²) >= 11 is 0. The lowest BCUT2D eigenvalue weighted by Gasteiger charge is -2.14. The molecule has 0 aliphatic heterocycles. The number of benzene rings is 1. The van der Waals surface area contributed by atoms with Gasteiger partial charge in [0.25, 0.3) is 5.91 Å². The molecule has 8 heteroatoms. The van der Waals surface area contributed by atoms with Gasteiger partial charge in [0, 0.05) is 5.56 Å². The van der Waals surface area contributed by atoms with E-state index in [9.17, 15) is 14.4 Å². The zero-order valence-electron chi connectivity index (χ0n) is 17.4. The molecule has 0 fully saturated rings. The predicted molar refractivity (Wildman–Crippen MR) is 106 cm³/mol. The van der Waals surface area contributed by atoms with Gasteiger partial charge >= 0.3 is 5.97 Å². The van der Waals surface area contributed by atoms with Crippen LogP contribution in [0, 0.1) is 6.92 Å². The normalized spacial score (nSPS) is 11.6. The Morgan fingerprint density at radius 3 is 2.34 bits per heavy atom. The Balaban J connectivity index is 2.10. The van der Waals surface area contributed by atoms with Gasteiger partial charge in [-0.05, 0) is 45.0 Å². The van der Waals surface area contributed by atoms with Gasteiger partial charge in [-0.1, -0.05) is 0 Å². The summed E-state index contributed by atoms with van der Waals surface area (Å²) in [5, 5.41) is 2.60. The quantitative estimate of drug-likeness (QED) is 0.488. The van der Waals surface area contributed by atoms with E-state index in [0.717, 1.165) is 16.2 Å². The highest BCUT2D eigenvalue weighted by molar-refractivity contribution is 6.10. The number of esters is 1. The van der Waals surface area contributed by atoms with Crippen LogP contribution in [0.25, 0.3) is 0 Å². The van der Waals surface area contributed by atoms with Gasteiger partial charge in [0.05, 0.1) is 26.3 Å². The Kier molecular flexibility index (Phi) is 7.55.